The van der Waals surface area contributed by atoms with Crippen LogP contribution in [0.5, 0.6) is 5.75 Å². The summed E-state index contributed by atoms with van der Waals surface area (Å²) in [5.74, 6) is 0.947. The fourth-order valence-electron chi connectivity index (χ4n) is 2.09. The molecule has 0 atom stereocenters. The minimum atomic E-state index is 0.0523. The van der Waals surface area contributed by atoms with Crippen LogP contribution in [0.4, 0.5) is 0 Å². The summed E-state index contributed by atoms with van der Waals surface area (Å²) in [4.78, 5) is 11.3. The molecule has 4 heteroatoms. The molecule has 2 rings (SSSR count). The maximum atomic E-state index is 11.3. The molecule has 1 aromatic carbocycles. The molecule has 0 saturated heterocycles. The van der Waals surface area contributed by atoms with E-state index in [9.17, 15) is 4.79 Å². The summed E-state index contributed by atoms with van der Waals surface area (Å²) < 4.78 is 7.88. The Bertz CT molecular complexity index is 573. The van der Waals surface area contributed by atoms with Crippen LogP contribution < -0.4 is 10.1 Å². The molecular weight excluding hydrogens is 240 g/mol. The number of carbonyl (C=O) groups is 1. The molecule has 102 valence electrons. The van der Waals surface area contributed by atoms with E-state index in [1.807, 2.05) is 44.3 Å². The molecule has 1 amide bonds. The lowest BCUT2D eigenvalue weighted by Crippen LogP contribution is -2.19. The predicted molar refractivity (Wildman–Crippen MR) is 76.4 cm³/mol. The van der Waals surface area contributed by atoms with Crippen LogP contribution in [-0.2, 0) is 11.3 Å². The quantitative estimate of drug-likeness (QED) is 0.898. The van der Waals surface area contributed by atoms with Crippen LogP contribution in [0.25, 0.3) is 10.9 Å². The maximum Gasteiger partial charge on any atom is 0.221 e. The first-order valence-electron chi connectivity index (χ1n) is 6.57. The third-order valence-electron chi connectivity index (χ3n) is 2.99. The van der Waals surface area contributed by atoms with Gasteiger partial charge in [-0.05, 0) is 32.0 Å². The molecule has 0 aliphatic heterocycles. The van der Waals surface area contributed by atoms with E-state index in [0.717, 1.165) is 16.7 Å². The van der Waals surface area contributed by atoms with E-state index in [1.54, 1.807) is 7.05 Å². The Balaban J connectivity index is 2.25. The standard InChI is InChI=1S/C15H20N2O2/c1-11(2)19-14-6-4-5-13-12(14)7-9-17(13)10-8-15(18)16-3/h4-7,9,11H,8,10H2,1-3H3,(H,16,18). The summed E-state index contributed by atoms with van der Waals surface area (Å²) in [6, 6.07) is 8.05. The van der Waals surface area contributed by atoms with Crippen molar-refractivity contribution in [2.75, 3.05) is 7.05 Å². The third kappa shape index (κ3) is 3.08. The number of amides is 1. The average Bonchev–Trinajstić information content (AvgIpc) is 2.79. The van der Waals surface area contributed by atoms with Crippen LogP contribution in [-0.4, -0.2) is 23.6 Å². The van der Waals surface area contributed by atoms with Crippen molar-refractivity contribution in [2.24, 2.45) is 0 Å². The van der Waals surface area contributed by atoms with Crippen molar-refractivity contribution in [1.29, 1.82) is 0 Å². The lowest BCUT2D eigenvalue weighted by atomic mass is 10.2. The topological polar surface area (TPSA) is 43.3 Å². The van der Waals surface area contributed by atoms with E-state index in [0.29, 0.717) is 13.0 Å². The van der Waals surface area contributed by atoms with Crippen molar-refractivity contribution in [3.05, 3.63) is 30.5 Å². The monoisotopic (exact) mass is 260 g/mol. The van der Waals surface area contributed by atoms with Gasteiger partial charge in [0.2, 0.25) is 5.91 Å². The first-order chi connectivity index (χ1) is 9.11. The summed E-state index contributed by atoms with van der Waals surface area (Å²) in [6.07, 6.45) is 2.64. The fraction of sp³-hybridized carbons (Fsp3) is 0.400. The van der Waals surface area contributed by atoms with Gasteiger partial charge in [-0.25, -0.2) is 0 Å². The third-order valence-corrected chi connectivity index (χ3v) is 2.99. The smallest absolute Gasteiger partial charge is 0.221 e. The normalized spacial score (nSPS) is 10.9. The van der Waals surface area contributed by atoms with E-state index >= 15 is 0 Å². The fourth-order valence-corrected chi connectivity index (χ4v) is 2.09. The second-order valence-electron chi connectivity index (χ2n) is 4.79. The lowest BCUT2D eigenvalue weighted by molar-refractivity contribution is -0.120. The van der Waals surface area contributed by atoms with Gasteiger partial charge in [0.25, 0.3) is 0 Å². The second kappa shape index (κ2) is 5.78. The highest BCUT2D eigenvalue weighted by Crippen LogP contribution is 2.27. The molecule has 19 heavy (non-hydrogen) atoms. The van der Waals surface area contributed by atoms with E-state index in [1.165, 1.54) is 0 Å². The minimum absolute atomic E-state index is 0.0523. The van der Waals surface area contributed by atoms with Crippen LogP contribution in [0.15, 0.2) is 30.5 Å². The van der Waals surface area contributed by atoms with Gasteiger partial charge in [-0.15, -0.1) is 0 Å². The van der Waals surface area contributed by atoms with Gasteiger partial charge in [-0.1, -0.05) is 6.07 Å². The number of aromatic nitrogens is 1. The molecule has 0 fully saturated rings. The SMILES string of the molecule is CNC(=O)CCn1ccc2c(OC(C)C)cccc21. The highest BCUT2D eigenvalue weighted by molar-refractivity contribution is 5.86. The molecular formula is C15H20N2O2. The van der Waals surface area contributed by atoms with E-state index in [-0.39, 0.29) is 12.0 Å². The van der Waals surface area contributed by atoms with Gasteiger partial charge in [-0.2, -0.15) is 0 Å². The number of rotatable bonds is 5. The van der Waals surface area contributed by atoms with Crippen molar-refractivity contribution in [1.82, 2.24) is 9.88 Å². The minimum Gasteiger partial charge on any atom is -0.490 e. The van der Waals surface area contributed by atoms with Crippen LogP contribution in [0.1, 0.15) is 20.3 Å². The molecule has 1 N–H and O–H groups in total. The first kappa shape index (κ1) is 13.5. The molecule has 0 radical (unpaired) electrons. The first-order valence-corrected chi connectivity index (χ1v) is 6.57. The van der Waals surface area contributed by atoms with Crippen LogP contribution >= 0.6 is 0 Å². The van der Waals surface area contributed by atoms with E-state index < -0.39 is 0 Å². The molecule has 1 aromatic heterocycles. The van der Waals surface area contributed by atoms with Crippen molar-refractivity contribution in [3.63, 3.8) is 0 Å². The Morgan fingerprint density at radius 2 is 2.16 bits per heavy atom. The van der Waals surface area contributed by atoms with Crippen LogP contribution in [0, 0.1) is 0 Å². The molecule has 0 saturated carbocycles. The summed E-state index contributed by atoms with van der Waals surface area (Å²) in [5.41, 5.74) is 1.10. The Kier molecular flexibility index (Phi) is 4.10. The number of benzene rings is 1. The van der Waals surface area contributed by atoms with Gasteiger partial charge < -0.3 is 14.6 Å². The average molecular weight is 260 g/mol. The van der Waals surface area contributed by atoms with Gasteiger partial charge in [0.1, 0.15) is 5.75 Å². The molecule has 0 spiro atoms. The zero-order valence-electron chi connectivity index (χ0n) is 11.6. The van der Waals surface area contributed by atoms with Crippen molar-refractivity contribution in [2.45, 2.75) is 32.9 Å². The molecule has 0 bridgehead atoms. The van der Waals surface area contributed by atoms with Crippen LogP contribution in [0.3, 0.4) is 0 Å². The molecule has 1 heterocycles. The number of carbonyl (C=O) groups excluding carboxylic acids is 1. The van der Waals surface area contributed by atoms with Crippen molar-refractivity contribution < 1.29 is 9.53 Å². The van der Waals surface area contributed by atoms with Gasteiger partial charge in [0.15, 0.2) is 0 Å². The highest BCUT2D eigenvalue weighted by Gasteiger charge is 2.08. The highest BCUT2D eigenvalue weighted by atomic mass is 16.5. The van der Waals surface area contributed by atoms with Crippen molar-refractivity contribution in [3.8, 4) is 5.75 Å². The van der Waals surface area contributed by atoms with Gasteiger partial charge in [-0.3, -0.25) is 4.79 Å². The number of fused-ring (bicyclic) bond motifs is 1. The lowest BCUT2D eigenvalue weighted by Gasteiger charge is -2.11. The number of aryl methyl sites for hydroxylation is 1. The molecule has 0 aliphatic rings. The second-order valence-corrected chi connectivity index (χ2v) is 4.79. The van der Waals surface area contributed by atoms with Gasteiger partial charge in [0, 0.05) is 31.6 Å². The zero-order chi connectivity index (χ0) is 13.8. The van der Waals surface area contributed by atoms with Gasteiger partial charge >= 0.3 is 0 Å². The van der Waals surface area contributed by atoms with E-state index in [2.05, 4.69) is 9.88 Å². The predicted octanol–water partition coefficient (Wildman–Crippen LogP) is 2.56. The number of ether oxygens (including phenoxy) is 1. The van der Waals surface area contributed by atoms with Crippen LogP contribution in [0.2, 0.25) is 0 Å². The van der Waals surface area contributed by atoms with Gasteiger partial charge in [0.05, 0.1) is 11.6 Å². The Morgan fingerprint density at radius 3 is 2.84 bits per heavy atom. The molecule has 0 unspecified atom stereocenters. The van der Waals surface area contributed by atoms with Crippen molar-refractivity contribution >= 4 is 16.8 Å². The molecule has 2 aromatic rings. The number of hydrogen-bond donors (Lipinski definition) is 1. The summed E-state index contributed by atoms with van der Waals surface area (Å²) >= 11 is 0. The summed E-state index contributed by atoms with van der Waals surface area (Å²) in [6.45, 7) is 4.71. The maximum absolute atomic E-state index is 11.3. The molecule has 0 aliphatic carbocycles. The summed E-state index contributed by atoms with van der Waals surface area (Å²) in [7, 11) is 1.66. The summed E-state index contributed by atoms with van der Waals surface area (Å²) in [5, 5.41) is 3.73. The Labute approximate surface area is 113 Å². The molecule has 4 nitrogen and oxygen atoms in total. The zero-order valence-corrected chi connectivity index (χ0v) is 11.6. The Hall–Kier alpha value is -1.97. The number of nitrogens with one attached hydrogen (secondary N) is 1. The Morgan fingerprint density at radius 1 is 1.37 bits per heavy atom. The number of hydrogen-bond acceptors (Lipinski definition) is 2. The number of nitrogens with zero attached hydrogens (tertiary/aromatic N) is 1. The largest absolute Gasteiger partial charge is 0.490 e. The van der Waals surface area contributed by atoms with E-state index in [4.69, 9.17) is 4.74 Å².